The third kappa shape index (κ3) is 5.38. The number of amides is 3. The number of aromatic amines is 1. The van der Waals surface area contributed by atoms with Crippen molar-refractivity contribution < 1.29 is 14.4 Å². The van der Waals surface area contributed by atoms with Crippen molar-refractivity contribution in [2.45, 2.75) is 33.1 Å². The summed E-state index contributed by atoms with van der Waals surface area (Å²) in [5.41, 5.74) is 7.72. The Bertz CT molecular complexity index is 1460. The minimum Gasteiger partial charge on any atom is -0.361 e. The van der Waals surface area contributed by atoms with E-state index in [4.69, 9.17) is 0 Å². The first-order chi connectivity index (χ1) is 18.9. The fraction of sp³-hybridized carbons (Fsp3) is 0.323. The predicted molar refractivity (Wildman–Crippen MR) is 154 cm³/mol. The maximum Gasteiger partial charge on any atom is 0.256 e. The highest BCUT2D eigenvalue weighted by atomic mass is 16.2. The second-order valence-corrected chi connectivity index (χ2v) is 10.2. The first-order valence-electron chi connectivity index (χ1n) is 13.5. The number of aryl methyl sites for hydroxylation is 1. The molecular weight excluding hydrogens is 490 g/mol. The van der Waals surface area contributed by atoms with Crippen LogP contribution in [-0.2, 0) is 11.2 Å². The molecule has 1 aromatic heterocycles. The number of nitrogens with zero attached hydrogens (tertiary/aromatic N) is 1. The Morgan fingerprint density at radius 1 is 1.05 bits per heavy atom. The van der Waals surface area contributed by atoms with Crippen LogP contribution in [-0.4, -0.2) is 60.8 Å². The van der Waals surface area contributed by atoms with Crippen molar-refractivity contribution in [3.8, 4) is 11.1 Å². The molecule has 1 fully saturated rings. The van der Waals surface area contributed by atoms with Crippen LogP contribution in [0.25, 0.3) is 16.7 Å². The van der Waals surface area contributed by atoms with Crippen molar-refractivity contribution in [1.29, 1.82) is 0 Å². The van der Waals surface area contributed by atoms with Gasteiger partial charge in [-0.2, -0.15) is 0 Å². The van der Waals surface area contributed by atoms with Gasteiger partial charge in [-0.15, -0.1) is 0 Å². The van der Waals surface area contributed by atoms with E-state index in [0.717, 1.165) is 59.0 Å². The van der Waals surface area contributed by atoms with Crippen molar-refractivity contribution >= 4 is 29.0 Å². The second-order valence-electron chi connectivity index (χ2n) is 10.2. The molecule has 2 aliphatic rings. The first kappa shape index (κ1) is 26.4. The fourth-order valence-corrected chi connectivity index (χ4v) is 5.64. The van der Waals surface area contributed by atoms with Crippen LogP contribution in [0.5, 0.6) is 0 Å². The largest absolute Gasteiger partial charge is 0.361 e. The molecule has 2 aromatic carbocycles. The summed E-state index contributed by atoms with van der Waals surface area (Å²) in [6.45, 7) is 7.57. The summed E-state index contributed by atoms with van der Waals surface area (Å²) in [7, 11) is 1.60. The van der Waals surface area contributed by atoms with Gasteiger partial charge < -0.3 is 25.8 Å². The quantitative estimate of drug-likeness (QED) is 0.333. The highest BCUT2D eigenvalue weighted by molar-refractivity contribution is 6.33. The van der Waals surface area contributed by atoms with E-state index < -0.39 is 0 Å². The van der Waals surface area contributed by atoms with Crippen LogP contribution in [0.15, 0.2) is 48.5 Å². The number of rotatable bonds is 8. The van der Waals surface area contributed by atoms with E-state index in [-0.39, 0.29) is 17.7 Å². The Labute approximate surface area is 228 Å². The molecule has 3 amide bonds. The molecule has 0 bridgehead atoms. The standard InChI is InChI=1S/C31H35N5O3/c1-19-25(34-20(2)27(19)31(39)33-14-17-36-15-4-5-16-36)13-12-24-28-23(10-7-11-26(28)35-30(24)38)21-8-6-9-22(18-21)29(37)32-3/h6-12,18,34H,4-5,13-17H2,1-3H3,(H,32,37)(H,33,39)(H,35,38). The van der Waals surface area contributed by atoms with Gasteiger partial charge in [0.25, 0.3) is 17.7 Å². The number of H-pyrrole nitrogens is 1. The molecule has 0 unspecified atom stereocenters. The number of hydrogen-bond acceptors (Lipinski definition) is 4. The van der Waals surface area contributed by atoms with Gasteiger partial charge in [0.2, 0.25) is 0 Å². The van der Waals surface area contributed by atoms with Crippen molar-refractivity contribution in [2.24, 2.45) is 0 Å². The van der Waals surface area contributed by atoms with Crippen molar-refractivity contribution in [2.75, 3.05) is 38.5 Å². The molecule has 3 heterocycles. The maximum absolute atomic E-state index is 13.0. The molecule has 0 aliphatic carbocycles. The lowest BCUT2D eigenvalue weighted by atomic mass is 9.93. The molecule has 8 heteroatoms. The van der Waals surface area contributed by atoms with Gasteiger partial charge in [-0.1, -0.05) is 30.3 Å². The number of likely N-dealkylation sites (tertiary alicyclic amines) is 1. The summed E-state index contributed by atoms with van der Waals surface area (Å²) in [6.07, 6.45) is 4.85. The number of benzene rings is 2. The number of anilines is 1. The number of fused-ring (bicyclic) bond motifs is 1. The zero-order valence-corrected chi connectivity index (χ0v) is 22.7. The van der Waals surface area contributed by atoms with Crippen LogP contribution in [0.4, 0.5) is 5.69 Å². The van der Waals surface area contributed by atoms with Crippen LogP contribution < -0.4 is 16.0 Å². The lowest BCUT2D eigenvalue weighted by molar-refractivity contribution is -0.110. The summed E-state index contributed by atoms with van der Waals surface area (Å²) in [5.74, 6) is -0.398. The van der Waals surface area contributed by atoms with Crippen LogP contribution in [0, 0.1) is 13.8 Å². The van der Waals surface area contributed by atoms with Gasteiger partial charge >= 0.3 is 0 Å². The van der Waals surface area contributed by atoms with E-state index in [9.17, 15) is 14.4 Å². The average molecular weight is 526 g/mol. The highest BCUT2D eigenvalue weighted by Gasteiger charge is 2.28. The normalized spacial score (nSPS) is 15.9. The summed E-state index contributed by atoms with van der Waals surface area (Å²) >= 11 is 0. The lowest BCUT2D eigenvalue weighted by Gasteiger charge is -2.14. The SMILES string of the molecule is CNC(=O)c1cccc(-c2cccc3c2C(=CCc2[nH]c(C)c(C(=O)NCCN4CCCC4)c2C)C(=O)N3)c1. The van der Waals surface area contributed by atoms with E-state index in [1.54, 1.807) is 13.1 Å². The molecule has 4 N–H and O–H groups in total. The molecule has 8 nitrogen and oxygen atoms in total. The van der Waals surface area contributed by atoms with Gasteiger partial charge in [-0.05, 0) is 74.7 Å². The molecule has 0 spiro atoms. The van der Waals surface area contributed by atoms with Gasteiger partial charge in [-0.25, -0.2) is 0 Å². The Balaban J connectivity index is 1.38. The van der Waals surface area contributed by atoms with Gasteiger partial charge in [0.05, 0.1) is 5.56 Å². The zero-order chi connectivity index (χ0) is 27.5. The van der Waals surface area contributed by atoms with Crippen molar-refractivity contribution in [3.05, 3.63) is 82.2 Å². The molecule has 0 saturated carbocycles. The first-order valence-corrected chi connectivity index (χ1v) is 13.5. The molecule has 1 saturated heterocycles. The number of carbonyl (C=O) groups excluding carboxylic acids is 3. The monoisotopic (exact) mass is 525 g/mol. The number of nitrogens with one attached hydrogen (secondary N) is 4. The molecular formula is C31H35N5O3. The Morgan fingerprint density at radius 3 is 2.59 bits per heavy atom. The summed E-state index contributed by atoms with van der Waals surface area (Å²) in [4.78, 5) is 44.0. The Kier molecular flexibility index (Phi) is 7.65. The minimum atomic E-state index is -0.166. The highest BCUT2D eigenvalue weighted by Crippen LogP contribution is 2.40. The van der Waals surface area contributed by atoms with Crippen LogP contribution in [0.2, 0.25) is 0 Å². The smallest absolute Gasteiger partial charge is 0.256 e. The van der Waals surface area contributed by atoms with Crippen LogP contribution in [0.3, 0.4) is 0 Å². The molecule has 3 aromatic rings. The van der Waals surface area contributed by atoms with Gasteiger partial charge in [-0.3, -0.25) is 14.4 Å². The van der Waals surface area contributed by atoms with Crippen molar-refractivity contribution in [3.63, 3.8) is 0 Å². The Hall–Kier alpha value is -4.17. The Morgan fingerprint density at radius 2 is 1.82 bits per heavy atom. The lowest BCUT2D eigenvalue weighted by Crippen LogP contribution is -2.33. The summed E-state index contributed by atoms with van der Waals surface area (Å²) < 4.78 is 0. The van der Waals surface area contributed by atoms with Crippen LogP contribution >= 0.6 is 0 Å². The summed E-state index contributed by atoms with van der Waals surface area (Å²) in [6, 6.07) is 13.1. The zero-order valence-electron chi connectivity index (χ0n) is 22.7. The van der Waals surface area contributed by atoms with Gasteiger partial charge in [0, 0.05) is 60.3 Å². The van der Waals surface area contributed by atoms with E-state index >= 15 is 0 Å². The molecule has 0 atom stereocenters. The third-order valence-corrected chi connectivity index (χ3v) is 7.68. The van der Waals surface area contributed by atoms with Gasteiger partial charge in [0.15, 0.2) is 0 Å². The fourth-order valence-electron chi connectivity index (χ4n) is 5.64. The van der Waals surface area contributed by atoms with Crippen molar-refractivity contribution in [1.82, 2.24) is 20.5 Å². The average Bonchev–Trinajstić information content (AvgIpc) is 3.64. The van der Waals surface area contributed by atoms with E-state index in [1.807, 2.05) is 56.3 Å². The molecule has 2 aliphatic heterocycles. The molecule has 0 radical (unpaired) electrons. The van der Waals surface area contributed by atoms with Gasteiger partial charge in [0.1, 0.15) is 0 Å². The number of carbonyl (C=O) groups is 3. The van der Waals surface area contributed by atoms with E-state index in [0.29, 0.717) is 29.7 Å². The number of allylic oxidation sites excluding steroid dienone is 1. The topological polar surface area (TPSA) is 106 Å². The minimum absolute atomic E-state index is 0.0680. The number of aromatic nitrogens is 1. The molecule has 39 heavy (non-hydrogen) atoms. The maximum atomic E-state index is 13.0. The van der Waals surface area contributed by atoms with Crippen LogP contribution in [0.1, 0.15) is 56.1 Å². The third-order valence-electron chi connectivity index (χ3n) is 7.68. The predicted octanol–water partition coefficient (Wildman–Crippen LogP) is 4.06. The van der Waals surface area contributed by atoms with E-state index in [2.05, 4.69) is 25.8 Å². The number of hydrogen-bond donors (Lipinski definition) is 4. The van der Waals surface area contributed by atoms with E-state index in [1.165, 1.54) is 12.8 Å². The molecule has 202 valence electrons. The second kappa shape index (κ2) is 11.3. The summed E-state index contributed by atoms with van der Waals surface area (Å²) in [5, 5.41) is 8.70. The molecule has 5 rings (SSSR count).